The minimum Gasteiger partial charge on any atom is -0.480 e. The van der Waals surface area contributed by atoms with Gasteiger partial charge in [-0.05, 0) is 18.9 Å². The molecule has 1 amide bonds. The van der Waals surface area contributed by atoms with E-state index in [1.54, 1.807) is 33.9 Å². The first kappa shape index (κ1) is 13.2. The number of nitrogens with one attached hydrogen (secondary N) is 1. The summed E-state index contributed by atoms with van der Waals surface area (Å²) >= 11 is 0. The molecule has 0 aromatic carbocycles. The van der Waals surface area contributed by atoms with Crippen molar-refractivity contribution in [3.05, 3.63) is 17.5 Å². The molecule has 0 aliphatic carbocycles. The molecule has 6 heteroatoms. The Morgan fingerprint density at radius 2 is 2.06 bits per heavy atom. The zero-order valence-corrected chi connectivity index (χ0v) is 10.4. The van der Waals surface area contributed by atoms with Crippen LogP contribution < -0.4 is 5.32 Å². The smallest absolute Gasteiger partial charge is 0.326 e. The summed E-state index contributed by atoms with van der Waals surface area (Å²) in [6.45, 7) is 5.26. The van der Waals surface area contributed by atoms with Crippen LogP contribution in [0, 0.1) is 12.8 Å². The summed E-state index contributed by atoms with van der Waals surface area (Å²) in [6.07, 6.45) is 0. The van der Waals surface area contributed by atoms with Crippen molar-refractivity contribution in [1.82, 2.24) is 15.1 Å². The number of carboxylic acid groups (broad SMARTS) is 1. The summed E-state index contributed by atoms with van der Waals surface area (Å²) in [5, 5.41) is 15.5. The van der Waals surface area contributed by atoms with E-state index >= 15 is 0 Å². The van der Waals surface area contributed by atoms with Gasteiger partial charge in [0, 0.05) is 7.05 Å². The van der Waals surface area contributed by atoms with E-state index in [1.807, 2.05) is 0 Å². The van der Waals surface area contributed by atoms with E-state index in [1.165, 1.54) is 4.68 Å². The van der Waals surface area contributed by atoms with Crippen molar-refractivity contribution in [3.63, 3.8) is 0 Å². The van der Waals surface area contributed by atoms with Crippen molar-refractivity contribution in [2.45, 2.75) is 26.8 Å². The first-order valence-electron chi connectivity index (χ1n) is 5.37. The molecule has 0 fully saturated rings. The highest BCUT2D eigenvalue weighted by Crippen LogP contribution is 2.06. The third-order valence-electron chi connectivity index (χ3n) is 2.45. The summed E-state index contributed by atoms with van der Waals surface area (Å²) < 4.78 is 1.43. The molecule has 1 unspecified atom stereocenters. The molecule has 0 bridgehead atoms. The van der Waals surface area contributed by atoms with Crippen LogP contribution in [0.1, 0.15) is 30.0 Å². The largest absolute Gasteiger partial charge is 0.480 e. The van der Waals surface area contributed by atoms with Crippen LogP contribution in [-0.4, -0.2) is 32.8 Å². The van der Waals surface area contributed by atoms with Gasteiger partial charge in [-0.3, -0.25) is 9.48 Å². The zero-order valence-electron chi connectivity index (χ0n) is 10.4. The van der Waals surface area contributed by atoms with Gasteiger partial charge in [0.1, 0.15) is 11.7 Å². The van der Waals surface area contributed by atoms with Crippen LogP contribution in [0.15, 0.2) is 6.07 Å². The quantitative estimate of drug-likeness (QED) is 0.804. The lowest BCUT2D eigenvalue weighted by molar-refractivity contribution is -0.140. The third-order valence-corrected chi connectivity index (χ3v) is 2.45. The molecule has 6 nitrogen and oxygen atoms in total. The highest BCUT2D eigenvalue weighted by molar-refractivity contribution is 5.95. The first-order valence-corrected chi connectivity index (χ1v) is 5.37. The topological polar surface area (TPSA) is 84.2 Å². The zero-order chi connectivity index (χ0) is 13.2. The van der Waals surface area contributed by atoms with Gasteiger partial charge in [0.2, 0.25) is 0 Å². The Kier molecular flexibility index (Phi) is 3.88. The predicted octanol–water partition coefficient (Wildman–Crippen LogP) is 0.568. The molecular weight excluding hydrogens is 222 g/mol. The highest BCUT2D eigenvalue weighted by Gasteiger charge is 2.25. The molecule has 1 aromatic heterocycles. The molecule has 0 aliphatic heterocycles. The maximum atomic E-state index is 11.9. The number of hydrogen-bond acceptors (Lipinski definition) is 3. The van der Waals surface area contributed by atoms with Crippen molar-refractivity contribution in [3.8, 4) is 0 Å². The van der Waals surface area contributed by atoms with E-state index in [2.05, 4.69) is 10.4 Å². The fourth-order valence-electron chi connectivity index (χ4n) is 1.55. The van der Waals surface area contributed by atoms with E-state index in [-0.39, 0.29) is 5.92 Å². The molecule has 0 radical (unpaired) electrons. The van der Waals surface area contributed by atoms with Crippen LogP contribution >= 0.6 is 0 Å². The number of carboxylic acids is 1. The summed E-state index contributed by atoms with van der Waals surface area (Å²) in [5.41, 5.74) is 1.07. The fraction of sp³-hybridized carbons (Fsp3) is 0.545. The van der Waals surface area contributed by atoms with Crippen LogP contribution in [0.25, 0.3) is 0 Å². The van der Waals surface area contributed by atoms with Crippen molar-refractivity contribution < 1.29 is 14.7 Å². The molecule has 0 spiro atoms. The summed E-state index contributed by atoms with van der Waals surface area (Å²) in [6, 6.07) is 0.729. The number of aryl methyl sites for hydroxylation is 2. The second-order valence-corrected chi connectivity index (χ2v) is 4.33. The molecule has 0 saturated carbocycles. The normalized spacial score (nSPS) is 12.5. The van der Waals surface area contributed by atoms with Gasteiger partial charge < -0.3 is 10.4 Å². The Bertz CT molecular complexity index is 437. The van der Waals surface area contributed by atoms with Crippen molar-refractivity contribution >= 4 is 11.9 Å². The van der Waals surface area contributed by atoms with Crippen LogP contribution in [0.5, 0.6) is 0 Å². The van der Waals surface area contributed by atoms with Gasteiger partial charge in [-0.25, -0.2) is 4.79 Å². The number of carbonyl (C=O) groups excluding carboxylic acids is 1. The Morgan fingerprint density at radius 1 is 1.47 bits per heavy atom. The Labute approximate surface area is 99.6 Å². The van der Waals surface area contributed by atoms with E-state index in [0.29, 0.717) is 11.4 Å². The monoisotopic (exact) mass is 239 g/mol. The molecule has 0 aliphatic rings. The lowest BCUT2D eigenvalue weighted by Crippen LogP contribution is -2.44. The number of aliphatic carboxylic acids is 1. The average Bonchev–Trinajstić information content (AvgIpc) is 2.53. The van der Waals surface area contributed by atoms with Crippen molar-refractivity contribution in [1.29, 1.82) is 0 Å². The van der Waals surface area contributed by atoms with Crippen molar-refractivity contribution in [2.75, 3.05) is 0 Å². The standard InChI is InChI=1S/C11H17N3O3/c1-6(2)9(11(16)17)12-10(15)8-5-7(3)13-14(8)4/h5-6,9H,1-4H3,(H,12,15)(H,16,17). The Hall–Kier alpha value is -1.85. The van der Waals surface area contributed by atoms with E-state index in [4.69, 9.17) is 5.11 Å². The molecule has 1 rings (SSSR count). The van der Waals surface area contributed by atoms with Crippen LogP contribution in [-0.2, 0) is 11.8 Å². The Morgan fingerprint density at radius 3 is 2.41 bits per heavy atom. The van der Waals surface area contributed by atoms with Crippen molar-refractivity contribution in [2.24, 2.45) is 13.0 Å². The third kappa shape index (κ3) is 3.05. The van der Waals surface area contributed by atoms with Crippen LogP contribution in [0.4, 0.5) is 0 Å². The number of hydrogen-bond donors (Lipinski definition) is 2. The van der Waals surface area contributed by atoms with Gasteiger partial charge in [0.15, 0.2) is 0 Å². The lowest BCUT2D eigenvalue weighted by atomic mass is 10.0. The number of rotatable bonds is 4. The summed E-state index contributed by atoms with van der Waals surface area (Å²) in [4.78, 5) is 22.8. The van der Waals surface area contributed by atoms with Crippen LogP contribution in [0.3, 0.4) is 0 Å². The minimum absolute atomic E-state index is 0.175. The average molecular weight is 239 g/mol. The molecule has 0 saturated heterocycles. The second kappa shape index (κ2) is 4.99. The molecule has 2 N–H and O–H groups in total. The number of aromatic nitrogens is 2. The van der Waals surface area contributed by atoms with E-state index in [0.717, 1.165) is 0 Å². The maximum absolute atomic E-state index is 11.9. The SMILES string of the molecule is Cc1cc(C(=O)NC(C(=O)O)C(C)C)n(C)n1. The molecule has 1 aromatic rings. The van der Waals surface area contributed by atoms with Gasteiger partial charge in [-0.1, -0.05) is 13.8 Å². The first-order chi connectivity index (χ1) is 7.82. The van der Waals surface area contributed by atoms with Gasteiger partial charge in [-0.15, -0.1) is 0 Å². The minimum atomic E-state index is -1.03. The van der Waals surface area contributed by atoms with Gasteiger partial charge in [0.05, 0.1) is 5.69 Å². The molecule has 1 heterocycles. The molecule has 1 atom stereocenters. The Balaban J connectivity index is 2.85. The number of nitrogens with zero attached hydrogens (tertiary/aromatic N) is 2. The summed E-state index contributed by atoms with van der Waals surface area (Å²) in [7, 11) is 1.65. The lowest BCUT2D eigenvalue weighted by Gasteiger charge is -2.17. The highest BCUT2D eigenvalue weighted by atomic mass is 16.4. The maximum Gasteiger partial charge on any atom is 0.326 e. The van der Waals surface area contributed by atoms with Gasteiger partial charge in [-0.2, -0.15) is 5.10 Å². The van der Waals surface area contributed by atoms with Crippen LogP contribution in [0.2, 0.25) is 0 Å². The predicted molar refractivity (Wildman–Crippen MR) is 61.7 cm³/mol. The number of carbonyl (C=O) groups is 2. The summed E-state index contributed by atoms with van der Waals surface area (Å²) in [5.74, 6) is -1.63. The van der Waals surface area contributed by atoms with Gasteiger partial charge >= 0.3 is 5.97 Å². The second-order valence-electron chi connectivity index (χ2n) is 4.33. The molecular formula is C11H17N3O3. The van der Waals surface area contributed by atoms with E-state index < -0.39 is 17.9 Å². The molecule has 94 valence electrons. The van der Waals surface area contributed by atoms with Gasteiger partial charge in [0.25, 0.3) is 5.91 Å². The van der Waals surface area contributed by atoms with E-state index in [9.17, 15) is 9.59 Å². The molecule has 17 heavy (non-hydrogen) atoms. The fourth-order valence-corrected chi connectivity index (χ4v) is 1.55. The number of amides is 1.